The standard InChI is InChI=1S/C52H38/c1-35-29-30-48-45(31-35)42-25-12-14-27-46(42)52(48,40-22-10-5-11-23-40)41-24-16-17-37(34-41)44-32-36(2)33-49-50(44)43-26-13-15-28-47(43)51(49,38-18-6-3-7-19-38)39-20-8-4-9-21-39/h3-34H,1-2H3. The van der Waals surface area contributed by atoms with Gasteiger partial charge in [0.15, 0.2) is 0 Å². The summed E-state index contributed by atoms with van der Waals surface area (Å²) in [5.74, 6) is 0. The highest BCUT2D eigenvalue weighted by atomic mass is 14.5. The lowest BCUT2D eigenvalue weighted by molar-refractivity contribution is 0.767. The zero-order valence-electron chi connectivity index (χ0n) is 29.5. The molecular formula is C52H38. The van der Waals surface area contributed by atoms with E-state index in [0.717, 1.165) is 0 Å². The summed E-state index contributed by atoms with van der Waals surface area (Å²) in [5.41, 5.74) is 19.9. The number of hydrogen-bond acceptors (Lipinski definition) is 0. The van der Waals surface area contributed by atoms with Crippen LogP contribution >= 0.6 is 0 Å². The van der Waals surface area contributed by atoms with Crippen molar-refractivity contribution in [3.63, 3.8) is 0 Å². The van der Waals surface area contributed by atoms with Gasteiger partial charge in [-0.05, 0) is 97.8 Å². The summed E-state index contributed by atoms with van der Waals surface area (Å²) in [4.78, 5) is 0. The highest BCUT2D eigenvalue weighted by molar-refractivity contribution is 5.96. The molecule has 0 amide bonds. The SMILES string of the molecule is Cc1ccc2c(c1)-c1ccccc1C2(c1ccccc1)c1cccc(-c2cc(C)cc3c2-c2ccccc2C3(c2ccccc2)c2ccccc2)c1. The maximum Gasteiger partial charge on any atom is 0.0713 e. The molecule has 8 aromatic carbocycles. The fourth-order valence-corrected chi connectivity index (χ4v) is 9.73. The average Bonchev–Trinajstić information content (AvgIpc) is 3.67. The molecule has 0 saturated carbocycles. The second kappa shape index (κ2) is 11.7. The quantitative estimate of drug-likeness (QED) is 0.172. The van der Waals surface area contributed by atoms with Gasteiger partial charge in [-0.2, -0.15) is 0 Å². The van der Waals surface area contributed by atoms with Crippen molar-refractivity contribution in [3.05, 3.63) is 250 Å². The number of rotatable bonds is 5. The minimum Gasteiger partial charge on any atom is -0.0622 e. The van der Waals surface area contributed by atoms with Gasteiger partial charge in [0.05, 0.1) is 10.8 Å². The van der Waals surface area contributed by atoms with Crippen LogP contribution in [0.4, 0.5) is 0 Å². The van der Waals surface area contributed by atoms with E-state index in [4.69, 9.17) is 0 Å². The Kier molecular flexibility index (Phi) is 6.85. The van der Waals surface area contributed by atoms with Gasteiger partial charge in [0.2, 0.25) is 0 Å². The minimum atomic E-state index is -0.459. The van der Waals surface area contributed by atoms with Crippen LogP contribution in [0, 0.1) is 13.8 Å². The number of benzene rings is 8. The van der Waals surface area contributed by atoms with E-state index in [1.165, 1.54) is 89.0 Å². The lowest BCUT2D eigenvalue weighted by Gasteiger charge is -2.34. The van der Waals surface area contributed by atoms with Crippen LogP contribution in [0.5, 0.6) is 0 Å². The van der Waals surface area contributed by atoms with E-state index in [-0.39, 0.29) is 0 Å². The first kappa shape index (κ1) is 30.6. The largest absolute Gasteiger partial charge is 0.0713 e. The molecule has 0 radical (unpaired) electrons. The van der Waals surface area contributed by atoms with Crippen LogP contribution < -0.4 is 0 Å². The van der Waals surface area contributed by atoms with Gasteiger partial charge in [0, 0.05) is 0 Å². The Hall–Kier alpha value is -6.24. The van der Waals surface area contributed by atoms with Gasteiger partial charge in [-0.15, -0.1) is 0 Å². The second-order valence-corrected chi connectivity index (χ2v) is 14.6. The molecule has 0 aliphatic heterocycles. The molecule has 0 spiro atoms. The van der Waals surface area contributed by atoms with Crippen LogP contribution in [-0.4, -0.2) is 0 Å². The van der Waals surface area contributed by atoms with Gasteiger partial charge in [-0.3, -0.25) is 0 Å². The maximum atomic E-state index is 2.49. The van der Waals surface area contributed by atoms with Crippen molar-refractivity contribution in [2.75, 3.05) is 0 Å². The summed E-state index contributed by atoms with van der Waals surface area (Å²) in [6.07, 6.45) is 0. The normalized spacial score (nSPS) is 16.1. The van der Waals surface area contributed by atoms with Crippen LogP contribution in [0.2, 0.25) is 0 Å². The molecule has 8 aromatic rings. The Morgan fingerprint density at radius 2 is 0.769 bits per heavy atom. The number of aryl methyl sites for hydroxylation is 2. The second-order valence-electron chi connectivity index (χ2n) is 14.6. The predicted molar refractivity (Wildman–Crippen MR) is 216 cm³/mol. The molecule has 0 heteroatoms. The molecule has 0 N–H and O–H groups in total. The molecule has 10 rings (SSSR count). The highest BCUT2D eigenvalue weighted by Crippen LogP contribution is 2.60. The molecule has 52 heavy (non-hydrogen) atoms. The van der Waals surface area contributed by atoms with Crippen molar-refractivity contribution in [1.82, 2.24) is 0 Å². The Balaban J connectivity index is 1.28. The molecule has 0 bridgehead atoms. The fourth-order valence-electron chi connectivity index (χ4n) is 9.73. The van der Waals surface area contributed by atoms with E-state index in [9.17, 15) is 0 Å². The van der Waals surface area contributed by atoms with Gasteiger partial charge in [-0.1, -0.05) is 199 Å². The third-order valence-corrected chi connectivity index (χ3v) is 11.7. The highest BCUT2D eigenvalue weighted by Gasteiger charge is 2.48. The maximum absolute atomic E-state index is 2.49. The van der Waals surface area contributed by atoms with Crippen LogP contribution in [0.3, 0.4) is 0 Å². The monoisotopic (exact) mass is 662 g/mol. The van der Waals surface area contributed by atoms with E-state index in [1.54, 1.807) is 0 Å². The topological polar surface area (TPSA) is 0 Å². The lowest BCUT2D eigenvalue weighted by Crippen LogP contribution is -2.28. The first-order chi connectivity index (χ1) is 25.6. The van der Waals surface area contributed by atoms with E-state index >= 15 is 0 Å². The predicted octanol–water partition coefficient (Wildman–Crippen LogP) is 12.7. The summed E-state index contributed by atoms with van der Waals surface area (Å²) in [6.45, 7) is 4.46. The number of fused-ring (bicyclic) bond motifs is 6. The summed E-state index contributed by atoms with van der Waals surface area (Å²) in [5, 5.41) is 0. The Morgan fingerprint density at radius 1 is 0.288 bits per heavy atom. The van der Waals surface area contributed by atoms with E-state index in [0.29, 0.717) is 0 Å². The van der Waals surface area contributed by atoms with Gasteiger partial charge >= 0.3 is 0 Å². The Bertz CT molecular complexity index is 2590. The van der Waals surface area contributed by atoms with Crippen molar-refractivity contribution in [2.24, 2.45) is 0 Å². The third-order valence-electron chi connectivity index (χ3n) is 11.7. The first-order valence-electron chi connectivity index (χ1n) is 18.4. The van der Waals surface area contributed by atoms with Gasteiger partial charge in [0.1, 0.15) is 0 Å². The van der Waals surface area contributed by atoms with Crippen molar-refractivity contribution in [2.45, 2.75) is 24.7 Å². The van der Waals surface area contributed by atoms with Crippen molar-refractivity contribution in [3.8, 4) is 33.4 Å². The Morgan fingerprint density at radius 3 is 1.40 bits per heavy atom. The molecule has 0 saturated heterocycles. The molecule has 1 unspecified atom stereocenters. The third kappa shape index (κ3) is 4.16. The molecule has 0 aromatic heterocycles. The molecule has 0 heterocycles. The van der Waals surface area contributed by atoms with Crippen molar-refractivity contribution < 1.29 is 0 Å². The van der Waals surface area contributed by atoms with Crippen LogP contribution in [0.1, 0.15) is 55.6 Å². The molecule has 246 valence electrons. The Labute approximate surface area is 306 Å². The van der Waals surface area contributed by atoms with E-state index < -0.39 is 10.8 Å². The molecule has 0 nitrogen and oxygen atoms in total. The smallest absolute Gasteiger partial charge is 0.0622 e. The molecule has 2 aliphatic carbocycles. The van der Waals surface area contributed by atoms with Gasteiger partial charge in [0.25, 0.3) is 0 Å². The minimum absolute atomic E-state index is 0.445. The molecule has 1 atom stereocenters. The van der Waals surface area contributed by atoms with Crippen LogP contribution in [0.15, 0.2) is 194 Å². The van der Waals surface area contributed by atoms with Crippen LogP contribution in [0.25, 0.3) is 33.4 Å². The zero-order valence-corrected chi connectivity index (χ0v) is 29.5. The molecular weight excluding hydrogens is 625 g/mol. The molecule has 2 aliphatic rings. The summed E-state index contributed by atoms with van der Waals surface area (Å²) in [7, 11) is 0. The van der Waals surface area contributed by atoms with Crippen molar-refractivity contribution >= 4 is 0 Å². The number of hydrogen-bond donors (Lipinski definition) is 0. The fraction of sp³-hybridized carbons (Fsp3) is 0.0769. The van der Waals surface area contributed by atoms with Crippen LogP contribution in [-0.2, 0) is 10.8 Å². The summed E-state index contributed by atoms with van der Waals surface area (Å²) < 4.78 is 0. The van der Waals surface area contributed by atoms with E-state index in [2.05, 4.69) is 208 Å². The lowest BCUT2D eigenvalue weighted by atomic mass is 9.67. The first-order valence-corrected chi connectivity index (χ1v) is 18.4. The van der Waals surface area contributed by atoms with E-state index in [1.807, 2.05) is 0 Å². The summed E-state index contributed by atoms with van der Waals surface area (Å²) in [6, 6.07) is 72.8. The average molecular weight is 663 g/mol. The van der Waals surface area contributed by atoms with Gasteiger partial charge < -0.3 is 0 Å². The van der Waals surface area contributed by atoms with Gasteiger partial charge in [-0.25, -0.2) is 0 Å². The van der Waals surface area contributed by atoms with Crippen molar-refractivity contribution in [1.29, 1.82) is 0 Å². The molecule has 0 fully saturated rings. The summed E-state index contributed by atoms with van der Waals surface area (Å²) >= 11 is 0. The zero-order chi connectivity index (χ0) is 34.9.